The Morgan fingerprint density at radius 2 is 1.75 bits per heavy atom. The van der Waals surface area contributed by atoms with Crippen molar-refractivity contribution in [3.8, 4) is 5.75 Å². The van der Waals surface area contributed by atoms with Crippen LogP contribution in [-0.2, 0) is 26.3 Å². The van der Waals surface area contributed by atoms with Gasteiger partial charge in [0, 0.05) is 12.8 Å². The van der Waals surface area contributed by atoms with Crippen LogP contribution in [0.25, 0.3) is 0 Å². The first-order valence-electron chi connectivity index (χ1n) is 7.24. The lowest BCUT2D eigenvalue weighted by Gasteiger charge is -2.21. The molecule has 0 N–H and O–H groups in total. The molecular weight excluding hydrogens is 350 g/mol. The van der Waals surface area contributed by atoms with E-state index in [2.05, 4.69) is 0 Å². The summed E-state index contributed by atoms with van der Waals surface area (Å²) in [4.78, 5) is -0.209. The number of hydrogen-bond acceptors (Lipinski definition) is 5. The molecule has 0 saturated carbocycles. The van der Waals surface area contributed by atoms with Gasteiger partial charge in [0.05, 0.1) is 17.7 Å². The Kier molecular flexibility index (Phi) is 4.05. The lowest BCUT2D eigenvalue weighted by molar-refractivity contribution is 0.402. The number of fused-ring (bicyclic) bond motifs is 1. The van der Waals surface area contributed by atoms with Crippen molar-refractivity contribution < 1.29 is 21.6 Å². The minimum absolute atomic E-state index is 0.0608. The number of methoxy groups -OCH3 is 1. The molecule has 128 valence electrons. The predicted octanol–water partition coefficient (Wildman–Crippen LogP) is 1.85. The zero-order chi connectivity index (χ0) is 17.5. The van der Waals surface area contributed by atoms with Crippen molar-refractivity contribution in [2.45, 2.75) is 16.2 Å². The lowest BCUT2D eigenvalue weighted by atomic mass is 10.2. The van der Waals surface area contributed by atoms with Crippen molar-refractivity contribution in [1.82, 2.24) is 0 Å². The SMILES string of the molecule is COc1ccc(S(C)(=O)=O)cc1S(=O)(=O)N1CCc2ccccc21. The van der Waals surface area contributed by atoms with Crippen molar-refractivity contribution in [1.29, 1.82) is 0 Å². The van der Waals surface area contributed by atoms with Gasteiger partial charge < -0.3 is 4.74 Å². The molecule has 8 heteroatoms. The average Bonchev–Trinajstić information content (AvgIpc) is 2.98. The highest BCUT2D eigenvalue weighted by molar-refractivity contribution is 7.93. The number of nitrogens with zero attached hydrogens (tertiary/aromatic N) is 1. The second-order valence-corrected chi connectivity index (χ2v) is 9.39. The van der Waals surface area contributed by atoms with E-state index in [0.717, 1.165) is 17.9 Å². The maximum Gasteiger partial charge on any atom is 0.268 e. The van der Waals surface area contributed by atoms with Crippen LogP contribution in [0.5, 0.6) is 5.75 Å². The molecule has 0 radical (unpaired) electrons. The van der Waals surface area contributed by atoms with E-state index in [1.807, 2.05) is 12.1 Å². The van der Waals surface area contributed by atoms with Gasteiger partial charge in [0.1, 0.15) is 10.6 Å². The highest BCUT2D eigenvalue weighted by Gasteiger charge is 2.33. The molecule has 2 aromatic carbocycles. The molecular formula is C16H17NO5S2. The van der Waals surface area contributed by atoms with Crippen molar-refractivity contribution in [2.75, 3.05) is 24.2 Å². The standard InChI is InChI=1S/C16H17NO5S2/c1-22-15-8-7-13(23(2,18)19)11-16(15)24(20,21)17-10-9-12-5-3-4-6-14(12)17/h3-8,11H,9-10H2,1-2H3. The van der Waals surface area contributed by atoms with E-state index in [1.165, 1.54) is 23.5 Å². The molecule has 0 atom stereocenters. The van der Waals surface area contributed by atoms with Crippen LogP contribution in [-0.4, -0.2) is 36.7 Å². The molecule has 0 amide bonds. The smallest absolute Gasteiger partial charge is 0.268 e. The van der Waals surface area contributed by atoms with Crippen LogP contribution in [0.4, 0.5) is 5.69 Å². The quantitative estimate of drug-likeness (QED) is 0.824. The number of benzene rings is 2. The van der Waals surface area contributed by atoms with Gasteiger partial charge in [-0.1, -0.05) is 18.2 Å². The minimum atomic E-state index is -3.93. The van der Waals surface area contributed by atoms with Gasteiger partial charge in [-0.25, -0.2) is 16.8 Å². The van der Waals surface area contributed by atoms with Crippen LogP contribution in [0.1, 0.15) is 5.56 Å². The Morgan fingerprint density at radius 3 is 2.42 bits per heavy atom. The molecule has 1 aliphatic rings. The Labute approximate surface area is 141 Å². The van der Waals surface area contributed by atoms with E-state index in [4.69, 9.17) is 4.74 Å². The molecule has 0 spiro atoms. The summed E-state index contributed by atoms with van der Waals surface area (Å²) in [5.41, 5.74) is 1.56. The van der Waals surface area contributed by atoms with Gasteiger partial charge in [0.15, 0.2) is 9.84 Å². The number of sulfonamides is 1. The first kappa shape index (κ1) is 16.8. The van der Waals surface area contributed by atoms with Crippen molar-refractivity contribution in [3.63, 3.8) is 0 Å². The van der Waals surface area contributed by atoms with Crippen molar-refractivity contribution in [2.24, 2.45) is 0 Å². The molecule has 0 fully saturated rings. The van der Waals surface area contributed by atoms with Gasteiger partial charge >= 0.3 is 0 Å². The van der Waals surface area contributed by atoms with E-state index in [9.17, 15) is 16.8 Å². The maximum absolute atomic E-state index is 13.1. The number of sulfone groups is 1. The second-order valence-electron chi connectivity index (χ2n) is 5.54. The van der Waals surface area contributed by atoms with E-state index < -0.39 is 19.9 Å². The van der Waals surface area contributed by atoms with Crippen LogP contribution >= 0.6 is 0 Å². The summed E-state index contributed by atoms with van der Waals surface area (Å²) < 4.78 is 56.2. The van der Waals surface area contributed by atoms with Gasteiger partial charge in [0.25, 0.3) is 10.0 Å². The Hall–Kier alpha value is -2.06. The third kappa shape index (κ3) is 2.76. The Morgan fingerprint density at radius 1 is 1.04 bits per heavy atom. The molecule has 3 rings (SSSR count). The summed E-state index contributed by atoms with van der Waals surface area (Å²) in [7, 11) is -6.11. The molecule has 1 heterocycles. The normalized spacial score (nSPS) is 14.5. The van der Waals surface area contributed by atoms with Crippen molar-refractivity contribution >= 4 is 25.5 Å². The van der Waals surface area contributed by atoms with Crippen LogP contribution in [0.2, 0.25) is 0 Å². The van der Waals surface area contributed by atoms with Gasteiger partial charge in [-0.05, 0) is 36.2 Å². The predicted molar refractivity (Wildman–Crippen MR) is 90.8 cm³/mol. The second kappa shape index (κ2) is 5.78. The Balaban J connectivity index is 2.17. The van der Waals surface area contributed by atoms with Crippen LogP contribution in [0.15, 0.2) is 52.3 Å². The Bertz CT molecular complexity index is 997. The number of rotatable bonds is 4. The van der Waals surface area contributed by atoms with E-state index in [1.54, 1.807) is 12.1 Å². The summed E-state index contributed by atoms with van der Waals surface area (Å²) >= 11 is 0. The summed E-state index contributed by atoms with van der Waals surface area (Å²) in [5.74, 6) is 0.117. The number of anilines is 1. The third-order valence-electron chi connectivity index (χ3n) is 3.98. The lowest BCUT2D eigenvalue weighted by Crippen LogP contribution is -2.29. The van der Waals surface area contributed by atoms with Gasteiger partial charge in [0.2, 0.25) is 0 Å². The topological polar surface area (TPSA) is 80.8 Å². The first-order valence-corrected chi connectivity index (χ1v) is 10.6. The maximum atomic E-state index is 13.1. The fourth-order valence-corrected chi connectivity index (χ4v) is 5.18. The molecule has 0 bridgehead atoms. The van der Waals surface area contributed by atoms with Crippen LogP contribution < -0.4 is 9.04 Å². The largest absolute Gasteiger partial charge is 0.495 e. The zero-order valence-corrected chi connectivity index (χ0v) is 14.9. The van der Waals surface area contributed by atoms with Gasteiger partial charge in [-0.2, -0.15) is 0 Å². The van der Waals surface area contributed by atoms with E-state index >= 15 is 0 Å². The fourth-order valence-electron chi connectivity index (χ4n) is 2.77. The summed E-state index contributed by atoms with van der Waals surface area (Å²) in [6.45, 7) is 0.313. The van der Waals surface area contributed by atoms with Crippen LogP contribution in [0.3, 0.4) is 0 Å². The molecule has 1 aliphatic heterocycles. The minimum Gasteiger partial charge on any atom is -0.495 e. The molecule has 6 nitrogen and oxygen atoms in total. The highest BCUT2D eigenvalue weighted by Crippen LogP contribution is 2.36. The number of para-hydroxylation sites is 1. The summed E-state index contributed by atoms with van der Waals surface area (Å²) in [6.07, 6.45) is 1.65. The van der Waals surface area contributed by atoms with Gasteiger partial charge in [-0.3, -0.25) is 4.31 Å². The summed E-state index contributed by atoms with van der Waals surface area (Å²) in [6, 6.07) is 11.1. The number of ether oxygens (including phenoxy) is 1. The van der Waals surface area contributed by atoms with Gasteiger partial charge in [-0.15, -0.1) is 0 Å². The van der Waals surface area contributed by atoms with E-state index in [0.29, 0.717) is 18.7 Å². The monoisotopic (exact) mass is 367 g/mol. The summed E-state index contributed by atoms with van der Waals surface area (Å²) in [5, 5.41) is 0. The first-order chi connectivity index (χ1) is 11.2. The molecule has 0 saturated heterocycles. The van der Waals surface area contributed by atoms with Crippen molar-refractivity contribution in [3.05, 3.63) is 48.0 Å². The molecule has 24 heavy (non-hydrogen) atoms. The molecule has 0 aliphatic carbocycles. The third-order valence-corrected chi connectivity index (χ3v) is 6.92. The molecule has 2 aromatic rings. The van der Waals surface area contributed by atoms with E-state index in [-0.39, 0.29) is 15.5 Å². The fraction of sp³-hybridized carbons (Fsp3) is 0.250. The molecule has 0 aromatic heterocycles. The zero-order valence-electron chi connectivity index (χ0n) is 13.3. The number of hydrogen-bond donors (Lipinski definition) is 0. The molecule has 0 unspecified atom stereocenters. The average molecular weight is 367 g/mol. The van der Waals surface area contributed by atoms with Crippen LogP contribution in [0, 0.1) is 0 Å². The highest BCUT2D eigenvalue weighted by atomic mass is 32.2.